The Morgan fingerprint density at radius 2 is 1.58 bits per heavy atom. The number of aromatic nitrogens is 5. The molecule has 0 aliphatic heterocycles. The highest BCUT2D eigenvalue weighted by atomic mass is 16.2. The molecule has 31 heavy (non-hydrogen) atoms. The molecule has 0 N–H and O–H groups in total. The van der Waals surface area contributed by atoms with Crippen molar-refractivity contribution in [2.45, 2.75) is 20.3 Å². The van der Waals surface area contributed by atoms with Gasteiger partial charge in [-0.05, 0) is 25.5 Å². The number of rotatable bonds is 3. The molecule has 156 valence electrons. The molecule has 0 saturated heterocycles. The number of fused-ring (bicyclic) bond motifs is 3. The lowest BCUT2D eigenvalue weighted by molar-refractivity contribution is 0.707. The van der Waals surface area contributed by atoms with E-state index in [1.54, 1.807) is 7.05 Å². The average Bonchev–Trinajstić information content (AvgIpc) is 3.32. The van der Waals surface area contributed by atoms with Crippen molar-refractivity contribution in [1.29, 1.82) is 0 Å². The standard InChI is InChI=1S/C24H23N5O2/c1-5-18-19(16-9-7-6-8-10-16)28(17-13-11-15(2)12-14-17)23-25-21-20(29(18)23)22(30)27(4)24(31)26(21)3/h6-14H,5H2,1-4H3. The van der Waals surface area contributed by atoms with E-state index in [0.717, 1.165) is 32.8 Å². The molecular weight excluding hydrogens is 390 g/mol. The lowest BCUT2D eigenvalue weighted by Crippen LogP contribution is -2.37. The summed E-state index contributed by atoms with van der Waals surface area (Å²) in [6, 6.07) is 18.3. The van der Waals surface area contributed by atoms with Crippen LogP contribution >= 0.6 is 0 Å². The van der Waals surface area contributed by atoms with Gasteiger partial charge < -0.3 is 0 Å². The van der Waals surface area contributed by atoms with Crippen LogP contribution in [-0.4, -0.2) is 23.1 Å². The van der Waals surface area contributed by atoms with Crippen molar-refractivity contribution in [3.05, 3.63) is 86.7 Å². The second-order valence-electron chi connectivity index (χ2n) is 7.81. The number of aryl methyl sites for hydroxylation is 3. The van der Waals surface area contributed by atoms with Gasteiger partial charge in [-0.1, -0.05) is 55.0 Å². The fourth-order valence-electron chi connectivity index (χ4n) is 4.28. The van der Waals surface area contributed by atoms with Crippen molar-refractivity contribution in [3.63, 3.8) is 0 Å². The van der Waals surface area contributed by atoms with Crippen molar-refractivity contribution in [1.82, 2.24) is 23.1 Å². The first-order valence-electron chi connectivity index (χ1n) is 10.3. The van der Waals surface area contributed by atoms with Crippen LogP contribution in [0.25, 0.3) is 33.9 Å². The Morgan fingerprint density at radius 1 is 0.903 bits per heavy atom. The predicted octanol–water partition coefficient (Wildman–Crippen LogP) is 3.21. The zero-order valence-corrected chi connectivity index (χ0v) is 18.0. The van der Waals surface area contributed by atoms with Gasteiger partial charge >= 0.3 is 5.69 Å². The minimum absolute atomic E-state index is 0.346. The summed E-state index contributed by atoms with van der Waals surface area (Å²) in [5.74, 6) is 0.618. The topological polar surface area (TPSA) is 66.2 Å². The van der Waals surface area contributed by atoms with Crippen LogP contribution in [0.4, 0.5) is 0 Å². The number of imidazole rings is 2. The zero-order chi connectivity index (χ0) is 21.9. The third-order valence-corrected chi connectivity index (χ3v) is 5.88. The molecule has 3 aromatic heterocycles. The van der Waals surface area contributed by atoms with Crippen LogP contribution < -0.4 is 11.2 Å². The molecule has 3 heterocycles. The molecule has 0 bridgehead atoms. The molecule has 0 atom stereocenters. The summed E-state index contributed by atoms with van der Waals surface area (Å²) >= 11 is 0. The Bertz CT molecular complexity index is 1570. The Hall–Kier alpha value is -3.87. The summed E-state index contributed by atoms with van der Waals surface area (Å²) < 4.78 is 6.57. The Balaban J connectivity index is 2.05. The average molecular weight is 413 g/mol. The molecule has 5 aromatic rings. The summed E-state index contributed by atoms with van der Waals surface area (Å²) in [5, 5.41) is 0. The summed E-state index contributed by atoms with van der Waals surface area (Å²) in [6.07, 6.45) is 0.692. The van der Waals surface area contributed by atoms with E-state index in [-0.39, 0.29) is 11.2 Å². The molecule has 0 radical (unpaired) electrons. The molecule has 0 spiro atoms. The number of hydrogen-bond donors (Lipinski definition) is 0. The van der Waals surface area contributed by atoms with E-state index in [9.17, 15) is 9.59 Å². The molecule has 0 aliphatic rings. The van der Waals surface area contributed by atoms with Crippen LogP contribution in [0.15, 0.2) is 64.2 Å². The van der Waals surface area contributed by atoms with Crippen molar-refractivity contribution in [2.75, 3.05) is 0 Å². The Labute approximate surface area is 178 Å². The van der Waals surface area contributed by atoms with Crippen molar-refractivity contribution < 1.29 is 0 Å². The van der Waals surface area contributed by atoms with Crippen molar-refractivity contribution >= 4 is 16.9 Å². The van der Waals surface area contributed by atoms with Gasteiger partial charge in [0, 0.05) is 25.3 Å². The van der Waals surface area contributed by atoms with E-state index in [1.165, 1.54) is 11.6 Å². The highest BCUT2D eigenvalue weighted by molar-refractivity contribution is 5.81. The third kappa shape index (κ3) is 2.63. The van der Waals surface area contributed by atoms with Crippen LogP contribution in [-0.2, 0) is 20.5 Å². The maximum Gasteiger partial charge on any atom is 0.332 e. The van der Waals surface area contributed by atoms with E-state index >= 15 is 0 Å². The van der Waals surface area contributed by atoms with Gasteiger partial charge in [0.25, 0.3) is 5.56 Å². The smallest absolute Gasteiger partial charge is 0.279 e. The molecule has 7 heteroatoms. The predicted molar refractivity (Wildman–Crippen MR) is 122 cm³/mol. The lowest BCUT2D eigenvalue weighted by Gasteiger charge is -2.11. The SMILES string of the molecule is CCc1c(-c2ccccc2)n(-c2ccc(C)cc2)c2nc3c(c(=O)n(C)c(=O)n3C)n12. The highest BCUT2D eigenvalue weighted by Gasteiger charge is 2.25. The Kier molecular flexibility index (Phi) is 4.22. The summed E-state index contributed by atoms with van der Waals surface area (Å²) in [7, 11) is 3.15. The van der Waals surface area contributed by atoms with Gasteiger partial charge in [0.15, 0.2) is 11.2 Å². The summed E-state index contributed by atoms with van der Waals surface area (Å²) in [6.45, 7) is 4.12. The van der Waals surface area contributed by atoms with E-state index < -0.39 is 0 Å². The fraction of sp³-hybridized carbons (Fsp3) is 0.208. The van der Waals surface area contributed by atoms with E-state index in [2.05, 4.69) is 47.9 Å². The molecule has 0 fully saturated rings. The second kappa shape index (κ2) is 6.84. The summed E-state index contributed by atoms with van der Waals surface area (Å²) in [5.41, 5.74) is 5.19. The molecule has 0 aliphatic carbocycles. The maximum atomic E-state index is 13.2. The molecule has 0 unspecified atom stereocenters. The van der Waals surface area contributed by atoms with Crippen LogP contribution in [0.5, 0.6) is 0 Å². The van der Waals surface area contributed by atoms with Gasteiger partial charge in [0.05, 0.1) is 11.4 Å². The van der Waals surface area contributed by atoms with Crippen LogP contribution in [0.3, 0.4) is 0 Å². The second-order valence-corrected chi connectivity index (χ2v) is 7.81. The van der Waals surface area contributed by atoms with Gasteiger partial charge in [0.2, 0.25) is 5.78 Å². The largest absolute Gasteiger partial charge is 0.332 e. The number of hydrogen-bond acceptors (Lipinski definition) is 3. The van der Waals surface area contributed by atoms with E-state index in [0.29, 0.717) is 23.4 Å². The van der Waals surface area contributed by atoms with Crippen LogP contribution in [0.1, 0.15) is 18.2 Å². The van der Waals surface area contributed by atoms with Crippen LogP contribution in [0, 0.1) is 6.92 Å². The highest BCUT2D eigenvalue weighted by Crippen LogP contribution is 2.33. The number of nitrogens with zero attached hydrogens (tertiary/aromatic N) is 5. The first-order chi connectivity index (χ1) is 14.9. The Morgan fingerprint density at radius 3 is 2.23 bits per heavy atom. The zero-order valence-electron chi connectivity index (χ0n) is 18.0. The van der Waals surface area contributed by atoms with Crippen molar-refractivity contribution in [2.24, 2.45) is 14.1 Å². The molecule has 0 amide bonds. The monoisotopic (exact) mass is 413 g/mol. The normalized spacial score (nSPS) is 11.6. The van der Waals surface area contributed by atoms with Gasteiger partial charge in [-0.2, -0.15) is 4.98 Å². The van der Waals surface area contributed by atoms with Gasteiger partial charge in [0.1, 0.15) is 0 Å². The molecule has 2 aromatic carbocycles. The van der Waals surface area contributed by atoms with E-state index in [4.69, 9.17) is 4.98 Å². The maximum absolute atomic E-state index is 13.2. The fourth-order valence-corrected chi connectivity index (χ4v) is 4.28. The molecular formula is C24H23N5O2. The minimum Gasteiger partial charge on any atom is -0.279 e. The van der Waals surface area contributed by atoms with Gasteiger partial charge in [-0.25, -0.2) is 4.79 Å². The van der Waals surface area contributed by atoms with Gasteiger partial charge in [-0.3, -0.25) is 22.9 Å². The first kappa shape index (κ1) is 19.1. The molecule has 5 rings (SSSR count). The molecule has 7 nitrogen and oxygen atoms in total. The van der Waals surface area contributed by atoms with E-state index in [1.807, 2.05) is 29.5 Å². The minimum atomic E-state index is -0.388. The van der Waals surface area contributed by atoms with Gasteiger partial charge in [-0.15, -0.1) is 0 Å². The number of benzene rings is 2. The quantitative estimate of drug-likeness (QED) is 0.456. The molecule has 0 saturated carbocycles. The van der Waals surface area contributed by atoms with Crippen LogP contribution in [0.2, 0.25) is 0 Å². The summed E-state index contributed by atoms with van der Waals surface area (Å²) in [4.78, 5) is 30.5. The lowest BCUT2D eigenvalue weighted by atomic mass is 10.1. The van der Waals surface area contributed by atoms with Crippen molar-refractivity contribution in [3.8, 4) is 16.9 Å². The first-order valence-corrected chi connectivity index (χ1v) is 10.3. The third-order valence-electron chi connectivity index (χ3n) is 5.88.